The number of benzene rings is 1. The minimum absolute atomic E-state index is 0.0137. The average Bonchev–Trinajstić information content (AvgIpc) is 3.00. The molecule has 0 fully saturated rings. The van der Waals surface area contributed by atoms with Gasteiger partial charge in [-0.2, -0.15) is 0 Å². The van der Waals surface area contributed by atoms with Gasteiger partial charge in [0.15, 0.2) is 11.7 Å². The lowest BCUT2D eigenvalue weighted by molar-refractivity contribution is -0.142. The van der Waals surface area contributed by atoms with E-state index in [1.54, 1.807) is 12.3 Å². The first kappa shape index (κ1) is 18.5. The number of anilines is 1. The van der Waals surface area contributed by atoms with Crippen LogP contribution in [0, 0.1) is 5.82 Å². The Morgan fingerprint density at radius 2 is 1.92 bits per heavy atom. The molecule has 0 unspecified atom stereocenters. The molecule has 1 N–H and O–H groups in total. The van der Waals surface area contributed by atoms with E-state index >= 15 is 0 Å². The molecule has 132 valence electrons. The van der Waals surface area contributed by atoms with E-state index in [0.717, 1.165) is 23.5 Å². The summed E-state index contributed by atoms with van der Waals surface area (Å²) in [4.78, 5) is 38.9. The minimum Gasteiger partial charge on any atom is -0.466 e. The normalized spacial score (nSPS) is 10.2. The zero-order valence-electron chi connectivity index (χ0n) is 13.3. The summed E-state index contributed by atoms with van der Waals surface area (Å²) in [7, 11) is 0. The van der Waals surface area contributed by atoms with Crippen molar-refractivity contribution in [1.82, 2.24) is 4.98 Å². The number of rotatable bonds is 7. The number of hydrogen-bond donors (Lipinski definition) is 1. The first-order chi connectivity index (χ1) is 12.0. The second-order valence-electron chi connectivity index (χ2n) is 4.76. The van der Waals surface area contributed by atoms with E-state index in [1.165, 1.54) is 12.1 Å². The second-order valence-corrected chi connectivity index (χ2v) is 5.62. The van der Waals surface area contributed by atoms with Gasteiger partial charge in [0.05, 0.1) is 24.3 Å². The van der Waals surface area contributed by atoms with Crippen molar-refractivity contribution in [2.45, 2.75) is 13.3 Å². The minimum atomic E-state index is -0.739. The highest BCUT2D eigenvalue weighted by molar-refractivity contribution is 7.13. The number of hydrogen-bond acceptors (Lipinski definition) is 7. The molecular weight excluding hydrogens is 351 g/mol. The summed E-state index contributed by atoms with van der Waals surface area (Å²) in [6.45, 7) is 1.48. The van der Waals surface area contributed by atoms with Crippen molar-refractivity contribution >= 4 is 34.3 Å². The Morgan fingerprint density at radius 1 is 1.20 bits per heavy atom. The molecule has 0 spiro atoms. The summed E-state index contributed by atoms with van der Waals surface area (Å²) in [6, 6.07) is 4.77. The Hall–Kier alpha value is -2.81. The lowest BCUT2D eigenvalue weighted by Gasteiger charge is -2.04. The summed E-state index contributed by atoms with van der Waals surface area (Å²) >= 11 is 1.14. The lowest BCUT2D eigenvalue weighted by Crippen LogP contribution is -2.21. The van der Waals surface area contributed by atoms with Crippen molar-refractivity contribution in [2.75, 3.05) is 18.5 Å². The summed E-state index contributed by atoms with van der Waals surface area (Å²) in [6.07, 6.45) is 0.0137. The molecule has 0 aliphatic rings. The molecule has 7 nitrogen and oxygen atoms in total. The first-order valence-electron chi connectivity index (χ1n) is 7.30. The van der Waals surface area contributed by atoms with E-state index in [9.17, 15) is 18.8 Å². The Labute approximate surface area is 146 Å². The van der Waals surface area contributed by atoms with E-state index in [1.807, 2.05) is 0 Å². The smallest absolute Gasteiger partial charge is 0.338 e. The van der Waals surface area contributed by atoms with Gasteiger partial charge >= 0.3 is 11.9 Å². The quantitative estimate of drug-likeness (QED) is 0.755. The van der Waals surface area contributed by atoms with E-state index < -0.39 is 30.3 Å². The Kier molecular flexibility index (Phi) is 6.58. The molecule has 0 saturated heterocycles. The van der Waals surface area contributed by atoms with E-state index in [-0.39, 0.29) is 23.7 Å². The molecule has 0 bridgehead atoms. The summed E-state index contributed by atoms with van der Waals surface area (Å²) in [5, 5.41) is 4.36. The number of amides is 1. The average molecular weight is 366 g/mol. The van der Waals surface area contributed by atoms with E-state index in [2.05, 4.69) is 10.3 Å². The Bertz CT molecular complexity index is 760. The zero-order chi connectivity index (χ0) is 18.2. The maximum absolute atomic E-state index is 12.8. The number of halogens is 1. The van der Waals surface area contributed by atoms with Gasteiger partial charge in [-0.15, -0.1) is 11.3 Å². The molecule has 1 heterocycles. The van der Waals surface area contributed by atoms with Crippen LogP contribution in [0.2, 0.25) is 0 Å². The summed E-state index contributed by atoms with van der Waals surface area (Å²) in [5.74, 6) is -2.19. The zero-order valence-corrected chi connectivity index (χ0v) is 14.1. The molecule has 0 radical (unpaired) electrons. The number of nitrogens with one attached hydrogen (secondary N) is 1. The van der Waals surface area contributed by atoms with Crippen molar-refractivity contribution in [2.24, 2.45) is 0 Å². The number of carbonyl (C=O) groups excluding carboxylic acids is 3. The number of carbonyl (C=O) groups is 3. The van der Waals surface area contributed by atoms with Gasteiger partial charge in [0.2, 0.25) is 0 Å². The third-order valence-corrected chi connectivity index (χ3v) is 3.65. The Morgan fingerprint density at radius 3 is 2.60 bits per heavy atom. The molecule has 1 aromatic carbocycles. The number of thiazole rings is 1. The van der Waals surface area contributed by atoms with E-state index in [0.29, 0.717) is 5.69 Å². The summed E-state index contributed by atoms with van der Waals surface area (Å²) in [5.41, 5.74) is 0.613. The molecule has 0 aliphatic heterocycles. The maximum atomic E-state index is 12.8. The predicted molar refractivity (Wildman–Crippen MR) is 87.8 cm³/mol. The standard InChI is InChI=1S/C16H15FN2O5S/c1-2-23-14(21)7-12-9-25-16(18-12)19-13(20)8-24-15(22)10-3-5-11(17)6-4-10/h3-6,9H,2,7-8H2,1H3,(H,18,19,20). The van der Waals surface area contributed by atoms with Crippen molar-refractivity contribution in [3.63, 3.8) is 0 Å². The molecule has 25 heavy (non-hydrogen) atoms. The van der Waals surface area contributed by atoms with Gasteiger partial charge < -0.3 is 9.47 Å². The van der Waals surface area contributed by atoms with Gasteiger partial charge in [-0.1, -0.05) is 0 Å². The summed E-state index contributed by atoms with van der Waals surface area (Å²) < 4.78 is 22.4. The molecule has 2 aromatic rings. The van der Waals surface area contributed by atoms with Crippen LogP contribution >= 0.6 is 11.3 Å². The van der Waals surface area contributed by atoms with Gasteiger partial charge in [0, 0.05) is 5.38 Å². The molecular formula is C16H15FN2O5S. The lowest BCUT2D eigenvalue weighted by atomic mass is 10.2. The number of aromatic nitrogens is 1. The maximum Gasteiger partial charge on any atom is 0.338 e. The number of nitrogens with zero attached hydrogens (tertiary/aromatic N) is 1. The van der Waals surface area contributed by atoms with Gasteiger partial charge in [-0.25, -0.2) is 14.2 Å². The topological polar surface area (TPSA) is 94.6 Å². The first-order valence-corrected chi connectivity index (χ1v) is 8.18. The van der Waals surface area contributed by atoms with Gasteiger partial charge in [0.25, 0.3) is 5.91 Å². The fourth-order valence-electron chi connectivity index (χ4n) is 1.76. The van der Waals surface area contributed by atoms with E-state index in [4.69, 9.17) is 9.47 Å². The molecule has 0 aliphatic carbocycles. The van der Waals surface area contributed by atoms with Crippen molar-refractivity contribution in [1.29, 1.82) is 0 Å². The molecule has 9 heteroatoms. The van der Waals surface area contributed by atoms with Crippen molar-refractivity contribution in [3.8, 4) is 0 Å². The van der Waals surface area contributed by atoms with Gasteiger partial charge in [-0.3, -0.25) is 14.9 Å². The van der Waals surface area contributed by atoms with Crippen molar-refractivity contribution < 1.29 is 28.2 Å². The third kappa shape index (κ3) is 5.96. The van der Waals surface area contributed by atoms with Crippen molar-refractivity contribution in [3.05, 3.63) is 46.7 Å². The largest absolute Gasteiger partial charge is 0.466 e. The fourth-order valence-corrected chi connectivity index (χ4v) is 2.49. The fraction of sp³-hybridized carbons (Fsp3) is 0.250. The molecule has 0 saturated carbocycles. The van der Waals surface area contributed by atoms with Gasteiger partial charge in [-0.05, 0) is 31.2 Å². The second kappa shape index (κ2) is 8.88. The Balaban J connectivity index is 1.80. The van der Waals surface area contributed by atoms with Crippen LogP contribution < -0.4 is 5.32 Å². The number of esters is 2. The predicted octanol–water partition coefficient (Wildman–Crippen LogP) is 2.18. The molecule has 1 amide bonds. The highest BCUT2D eigenvalue weighted by atomic mass is 32.1. The highest BCUT2D eigenvalue weighted by Crippen LogP contribution is 2.16. The van der Waals surface area contributed by atoms with Crippen LogP contribution in [0.5, 0.6) is 0 Å². The molecule has 2 rings (SSSR count). The molecule has 0 atom stereocenters. The van der Waals surface area contributed by atoms with Crippen LogP contribution in [0.15, 0.2) is 29.6 Å². The number of ether oxygens (including phenoxy) is 2. The highest BCUT2D eigenvalue weighted by Gasteiger charge is 2.13. The monoisotopic (exact) mass is 366 g/mol. The molecule has 1 aromatic heterocycles. The van der Waals surface area contributed by atoms with Gasteiger partial charge in [0.1, 0.15) is 5.82 Å². The van der Waals surface area contributed by atoms with Crippen LogP contribution in [-0.2, 0) is 25.5 Å². The van der Waals surface area contributed by atoms with Crippen LogP contribution in [0.1, 0.15) is 23.0 Å². The van der Waals surface area contributed by atoms with Crippen LogP contribution in [-0.4, -0.2) is 36.0 Å². The van der Waals surface area contributed by atoms with Crippen LogP contribution in [0.25, 0.3) is 0 Å². The van der Waals surface area contributed by atoms with Crippen LogP contribution in [0.3, 0.4) is 0 Å². The third-order valence-electron chi connectivity index (χ3n) is 2.84. The SMILES string of the molecule is CCOC(=O)Cc1csc(NC(=O)COC(=O)c2ccc(F)cc2)n1. The van der Waals surface area contributed by atoms with Crippen LogP contribution in [0.4, 0.5) is 9.52 Å².